The van der Waals surface area contributed by atoms with Gasteiger partial charge < -0.3 is 9.73 Å². The Bertz CT molecular complexity index is 859. The van der Waals surface area contributed by atoms with Crippen molar-refractivity contribution in [2.75, 3.05) is 6.54 Å². The van der Waals surface area contributed by atoms with Crippen molar-refractivity contribution < 1.29 is 9.21 Å². The summed E-state index contributed by atoms with van der Waals surface area (Å²) in [6, 6.07) is 7.88. The Morgan fingerprint density at radius 1 is 1.44 bits per heavy atom. The largest absolute Gasteiger partial charge is 0.465 e. The van der Waals surface area contributed by atoms with Gasteiger partial charge in [-0.2, -0.15) is 16.4 Å². The molecule has 1 aliphatic carbocycles. The van der Waals surface area contributed by atoms with E-state index in [1.165, 1.54) is 24.6 Å². The van der Waals surface area contributed by atoms with Gasteiger partial charge in [0.15, 0.2) is 0 Å². The number of carbonyl (C=O) groups is 1. The number of carbonyl (C=O) groups excluding carboxylic acids is 1. The first-order valence-corrected chi connectivity index (χ1v) is 9.33. The molecule has 1 fully saturated rings. The minimum absolute atomic E-state index is 0.130. The molecule has 1 saturated carbocycles. The van der Waals surface area contributed by atoms with Crippen LogP contribution in [0.2, 0.25) is 0 Å². The predicted molar refractivity (Wildman–Crippen MR) is 98.3 cm³/mol. The number of hydrogen-bond donors (Lipinski definition) is 1. The molecular formula is C19H19N3O2S. The highest BCUT2D eigenvalue weighted by Gasteiger charge is 2.28. The lowest BCUT2D eigenvalue weighted by Gasteiger charge is -2.07. The van der Waals surface area contributed by atoms with Crippen LogP contribution in [0.1, 0.15) is 30.2 Å². The molecule has 0 aromatic carbocycles. The van der Waals surface area contributed by atoms with Gasteiger partial charge in [-0.25, -0.2) is 0 Å². The molecular weight excluding hydrogens is 334 g/mol. The van der Waals surface area contributed by atoms with Crippen LogP contribution in [-0.2, 0) is 11.3 Å². The number of rotatable bonds is 7. The van der Waals surface area contributed by atoms with Crippen LogP contribution in [0.15, 0.2) is 51.8 Å². The first-order valence-electron chi connectivity index (χ1n) is 8.39. The van der Waals surface area contributed by atoms with E-state index in [1.54, 1.807) is 35.8 Å². The fourth-order valence-corrected chi connectivity index (χ4v) is 3.41. The van der Waals surface area contributed by atoms with Crippen LogP contribution in [-0.4, -0.2) is 22.2 Å². The van der Waals surface area contributed by atoms with E-state index in [0.717, 1.165) is 11.3 Å². The molecule has 5 nitrogen and oxygen atoms in total. The zero-order valence-corrected chi connectivity index (χ0v) is 14.5. The highest BCUT2D eigenvalue weighted by molar-refractivity contribution is 7.08. The molecule has 128 valence electrons. The highest BCUT2D eigenvalue weighted by Crippen LogP contribution is 2.41. The van der Waals surface area contributed by atoms with Crippen molar-refractivity contribution >= 4 is 23.3 Å². The van der Waals surface area contributed by atoms with E-state index in [9.17, 15) is 4.79 Å². The van der Waals surface area contributed by atoms with Crippen molar-refractivity contribution in [3.05, 3.63) is 58.8 Å². The predicted octanol–water partition coefficient (Wildman–Crippen LogP) is 3.91. The average molecular weight is 353 g/mol. The van der Waals surface area contributed by atoms with Gasteiger partial charge in [-0.3, -0.25) is 9.48 Å². The first-order chi connectivity index (χ1) is 12.3. The molecule has 1 amide bonds. The van der Waals surface area contributed by atoms with Crippen LogP contribution in [0.4, 0.5) is 0 Å². The number of nitrogens with zero attached hydrogens (tertiary/aromatic N) is 2. The summed E-state index contributed by atoms with van der Waals surface area (Å²) in [7, 11) is 0. The van der Waals surface area contributed by atoms with Crippen LogP contribution >= 0.6 is 11.3 Å². The number of nitrogens with one attached hydrogen (secondary N) is 1. The molecule has 0 atom stereocenters. The van der Waals surface area contributed by atoms with Gasteiger partial charge in [0.1, 0.15) is 5.76 Å². The molecule has 0 spiro atoms. The number of amides is 1. The van der Waals surface area contributed by atoms with Crippen LogP contribution in [0.3, 0.4) is 0 Å². The van der Waals surface area contributed by atoms with Crippen molar-refractivity contribution in [1.29, 1.82) is 0 Å². The Kier molecular flexibility index (Phi) is 4.52. The second-order valence-corrected chi connectivity index (χ2v) is 6.88. The molecule has 3 aromatic heterocycles. The molecule has 0 aliphatic heterocycles. The topological polar surface area (TPSA) is 60.1 Å². The second kappa shape index (κ2) is 7.11. The standard InChI is InChI=1S/C19H19N3O2S/c23-19(6-5-16-2-1-10-24-16)20-8-9-22-18(14-3-4-14)12-17(21-22)15-7-11-25-13-15/h1-2,5-7,10-14H,3-4,8-9H2,(H,20,23). The lowest BCUT2D eigenvalue weighted by molar-refractivity contribution is -0.116. The van der Waals surface area contributed by atoms with Crippen molar-refractivity contribution in [3.8, 4) is 11.3 Å². The van der Waals surface area contributed by atoms with Gasteiger partial charge in [-0.1, -0.05) is 0 Å². The minimum atomic E-state index is -0.130. The summed E-state index contributed by atoms with van der Waals surface area (Å²) in [6.45, 7) is 1.22. The Balaban J connectivity index is 1.36. The molecule has 1 aliphatic rings. The van der Waals surface area contributed by atoms with Crippen molar-refractivity contribution in [3.63, 3.8) is 0 Å². The molecule has 0 saturated heterocycles. The second-order valence-electron chi connectivity index (χ2n) is 6.10. The van der Waals surface area contributed by atoms with Crippen LogP contribution in [0.25, 0.3) is 17.3 Å². The van der Waals surface area contributed by atoms with E-state index in [1.807, 2.05) is 4.68 Å². The van der Waals surface area contributed by atoms with E-state index >= 15 is 0 Å². The van der Waals surface area contributed by atoms with Crippen molar-refractivity contribution in [1.82, 2.24) is 15.1 Å². The molecule has 3 heterocycles. The van der Waals surface area contributed by atoms with Crippen LogP contribution < -0.4 is 5.32 Å². The van der Waals surface area contributed by atoms with Gasteiger partial charge in [0.05, 0.1) is 18.5 Å². The quantitative estimate of drug-likeness (QED) is 0.655. The van der Waals surface area contributed by atoms with Crippen LogP contribution in [0, 0.1) is 0 Å². The summed E-state index contributed by atoms with van der Waals surface area (Å²) in [5.74, 6) is 1.16. The summed E-state index contributed by atoms with van der Waals surface area (Å²) in [6.07, 6.45) is 7.19. The highest BCUT2D eigenvalue weighted by atomic mass is 32.1. The van der Waals surface area contributed by atoms with E-state index in [4.69, 9.17) is 9.52 Å². The Labute approximate surface area is 150 Å². The lowest BCUT2D eigenvalue weighted by atomic mass is 10.2. The maximum atomic E-state index is 11.9. The van der Waals surface area contributed by atoms with E-state index in [-0.39, 0.29) is 5.91 Å². The van der Waals surface area contributed by atoms with Gasteiger partial charge in [-0.15, -0.1) is 0 Å². The molecule has 3 aromatic rings. The number of aromatic nitrogens is 2. The molecule has 1 N–H and O–H groups in total. The lowest BCUT2D eigenvalue weighted by Crippen LogP contribution is -2.26. The summed E-state index contributed by atoms with van der Waals surface area (Å²) in [5.41, 5.74) is 3.46. The monoisotopic (exact) mass is 353 g/mol. The van der Waals surface area contributed by atoms with Gasteiger partial charge in [-0.05, 0) is 48.6 Å². The van der Waals surface area contributed by atoms with Gasteiger partial charge in [0.25, 0.3) is 0 Å². The summed E-state index contributed by atoms with van der Waals surface area (Å²) in [5, 5.41) is 11.8. The molecule has 0 unspecified atom stereocenters. The number of thiophene rings is 1. The maximum Gasteiger partial charge on any atom is 0.244 e. The number of furan rings is 1. The zero-order chi connectivity index (χ0) is 17.1. The third-order valence-corrected chi connectivity index (χ3v) is 4.87. The van der Waals surface area contributed by atoms with Gasteiger partial charge in [0, 0.05) is 35.2 Å². The minimum Gasteiger partial charge on any atom is -0.465 e. The van der Waals surface area contributed by atoms with Gasteiger partial charge >= 0.3 is 0 Å². The average Bonchev–Trinajstić information content (AvgIpc) is 3.06. The van der Waals surface area contributed by atoms with E-state index < -0.39 is 0 Å². The normalized spacial score (nSPS) is 14.2. The van der Waals surface area contributed by atoms with E-state index in [0.29, 0.717) is 24.8 Å². The fraction of sp³-hybridized carbons (Fsp3) is 0.263. The summed E-state index contributed by atoms with van der Waals surface area (Å²) >= 11 is 1.68. The molecule has 0 radical (unpaired) electrons. The Hall–Kier alpha value is -2.60. The molecule has 25 heavy (non-hydrogen) atoms. The van der Waals surface area contributed by atoms with Crippen molar-refractivity contribution in [2.24, 2.45) is 0 Å². The third kappa shape index (κ3) is 3.91. The Morgan fingerprint density at radius 2 is 2.36 bits per heavy atom. The van der Waals surface area contributed by atoms with Crippen molar-refractivity contribution in [2.45, 2.75) is 25.3 Å². The molecule has 0 bridgehead atoms. The Morgan fingerprint density at radius 3 is 3.08 bits per heavy atom. The fourth-order valence-electron chi connectivity index (χ4n) is 2.76. The number of hydrogen-bond acceptors (Lipinski definition) is 4. The van der Waals surface area contributed by atoms with Gasteiger partial charge in [0.2, 0.25) is 5.91 Å². The third-order valence-electron chi connectivity index (χ3n) is 4.19. The summed E-state index contributed by atoms with van der Waals surface area (Å²) < 4.78 is 7.21. The SMILES string of the molecule is O=C(C=Cc1ccco1)NCCn1nc(-c2ccsc2)cc1C1CC1. The zero-order valence-electron chi connectivity index (χ0n) is 13.7. The smallest absolute Gasteiger partial charge is 0.244 e. The first kappa shape index (κ1) is 15.9. The maximum absolute atomic E-state index is 11.9. The van der Waals surface area contributed by atoms with Crippen LogP contribution in [0.5, 0.6) is 0 Å². The summed E-state index contributed by atoms with van der Waals surface area (Å²) in [4.78, 5) is 11.9. The molecule has 6 heteroatoms. The van der Waals surface area contributed by atoms with E-state index in [2.05, 4.69) is 28.2 Å². The molecule has 4 rings (SSSR count).